The lowest BCUT2D eigenvalue weighted by Crippen LogP contribution is -2.34. The summed E-state index contributed by atoms with van der Waals surface area (Å²) >= 11 is 0. The smallest absolute Gasteiger partial charge is 0.160 e. The third-order valence-electron chi connectivity index (χ3n) is 4.16. The van der Waals surface area contributed by atoms with Crippen molar-refractivity contribution in [3.8, 4) is 11.5 Å². The molecule has 1 aromatic rings. The third-order valence-corrected chi connectivity index (χ3v) is 4.16. The van der Waals surface area contributed by atoms with Gasteiger partial charge in [-0.15, -0.1) is 0 Å². The molecular formula is C17H21NO4. The lowest BCUT2D eigenvalue weighted by molar-refractivity contribution is 0.212. The summed E-state index contributed by atoms with van der Waals surface area (Å²) in [6.07, 6.45) is 0.736. The summed E-state index contributed by atoms with van der Waals surface area (Å²) in [7, 11) is 3.26. The van der Waals surface area contributed by atoms with Gasteiger partial charge in [-0.3, -0.25) is 0 Å². The Morgan fingerprint density at radius 2 is 1.91 bits per heavy atom. The Morgan fingerprint density at radius 3 is 2.64 bits per heavy atom. The molecule has 2 aliphatic heterocycles. The van der Waals surface area contributed by atoms with Crippen molar-refractivity contribution in [2.24, 2.45) is 0 Å². The van der Waals surface area contributed by atoms with E-state index in [0.717, 1.165) is 40.3 Å². The van der Waals surface area contributed by atoms with Gasteiger partial charge in [0.15, 0.2) is 11.5 Å². The van der Waals surface area contributed by atoms with Gasteiger partial charge in [0.1, 0.15) is 5.76 Å². The maximum atomic E-state index is 10.1. The number of methoxy groups -OCH3 is 2. The fraction of sp³-hybridized carbons (Fsp3) is 0.412. The number of fused-ring (bicyclic) bond motifs is 1. The minimum Gasteiger partial charge on any atom is -0.510 e. The van der Waals surface area contributed by atoms with E-state index in [1.54, 1.807) is 14.2 Å². The van der Waals surface area contributed by atoms with E-state index in [4.69, 9.17) is 14.2 Å². The van der Waals surface area contributed by atoms with Gasteiger partial charge in [-0.1, -0.05) is 6.07 Å². The van der Waals surface area contributed by atoms with E-state index in [2.05, 4.69) is 5.32 Å². The number of aliphatic hydroxyl groups excluding tert-OH is 1. The molecule has 0 bridgehead atoms. The van der Waals surface area contributed by atoms with Gasteiger partial charge in [0.25, 0.3) is 0 Å². The van der Waals surface area contributed by atoms with Crippen molar-refractivity contribution in [1.82, 2.24) is 5.32 Å². The highest BCUT2D eigenvalue weighted by Crippen LogP contribution is 2.33. The van der Waals surface area contributed by atoms with Crippen LogP contribution in [0.1, 0.15) is 12.5 Å². The van der Waals surface area contributed by atoms with Crippen molar-refractivity contribution in [1.29, 1.82) is 0 Å². The molecule has 0 aliphatic carbocycles. The zero-order valence-corrected chi connectivity index (χ0v) is 13.1. The van der Waals surface area contributed by atoms with E-state index in [1.807, 2.05) is 25.1 Å². The number of rotatable bonds is 4. The first-order valence-electron chi connectivity index (χ1n) is 7.33. The monoisotopic (exact) mass is 303 g/mol. The predicted octanol–water partition coefficient (Wildman–Crippen LogP) is 2.33. The van der Waals surface area contributed by atoms with Crippen LogP contribution in [0.3, 0.4) is 0 Å². The van der Waals surface area contributed by atoms with Crippen LogP contribution in [0.4, 0.5) is 0 Å². The average Bonchev–Trinajstić information content (AvgIpc) is 3.02. The Bertz CT molecular complexity index is 648. The molecule has 2 heterocycles. The minimum absolute atomic E-state index is 0.0874. The summed E-state index contributed by atoms with van der Waals surface area (Å²) < 4.78 is 16.1. The number of aliphatic hydroxyl groups is 1. The van der Waals surface area contributed by atoms with Crippen LogP contribution in [-0.4, -0.2) is 38.6 Å². The van der Waals surface area contributed by atoms with Gasteiger partial charge in [0, 0.05) is 23.3 Å². The van der Waals surface area contributed by atoms with Crippen molar-refractivity contribution in [3.63, 3.8) is 0 Å². The molecule has 1 unspecified atom stereocenters. The summed E-state index contributed by atoms with van der Waals surface area (Å²) in [6.45, 7) is 2.98. The van der Waals surface area contributed by atoms with Crippen LogP contribution >= 0.6 is 0 Å². The zero-order chi connectivity index (χ0) is 15.7. The second-order valence-electron chi connectivity index (χ2n) is 5.55. The summed E-state index contributed by atoms with van der Waals surface area (Å²) in [5, 5.41) is 13.5. The van der Waals surface area contributed by atoms with Gasteiger partial charge in [0.05, 0.1) is 33.5 Å². The van der Waals surface area contributed by atoms with E-state index in [-0.39, 0.29) is 6.04 Å². The van der Waals surface area contributed by atoms with Crippen molar-refractivity contribution >= 4 is 0 Å². The highest BCUT2D eigenvalue weighted by Gasteiger charge is 2.29. The highest BCUT2D eigenvalue weighted by molar-refractivity contribution is 5.48. The molecule has 0 spiro atoms. The van der Waals surface area contributed by atoms with Crippen LogP contribution in [0.15, 0.2) is 40.8 Å². The summed E-state index contributed by atoms with van der Waals surface area (Å²) in [4.78, 5) is 0. The molecule has 22 heavy (non-hydrogen) atoms. The Hall–Kier alpha value is -2.14. The Morgan fingerprint density at radius 1 is 1.18 bits per heavy atom. The molecule has 0 amide bonds. The topological polar surface area (TPSA) is 60.0 Å². The molecule has 1 atom stereocenters. The lowest BCUT2D eigenvalue weighted by atomic mass is 9.95. The van der Waals surface area contributed by atoms with Crippen LogP contribution in [-0.2, 0) is 11.2 Å². The van der Waals surface area contributed by atoms with Gasteiger partial charge < -0.3 is 24.6 Å². The number of benzene rings is 1. The van der Waals surface area contributed by atoms with Crippen LogP contribution in [0.25, 0.3) is 0 Å². The SMILES string of the molecule is COc1ccc(CC2=C3COCC3=C(O)C(C)N2)cc1OC. The number of hydrogen-bond acceptors (Lipinski definition) is 5. The number of hydrogen-bond donors (Lipinski definition) is 2. The standard InChI is InChI=1S/C17H21NO4/c1-10-17(19)13-9-22-8-12(13)14(18-10)6-11-4-5-15(20-2)16(7-11)21-3/h4-5,7,10,18-19H,6,8-9H2,1-3H3. The molecule has 2 N–H and O–H groups in total. The summed E-state index contributed by atoms with van der Waals surface area (Å²) in [6, 6.07) is 5.82. The maximum Gasteiger partial charge on any atom is 0.160 e. The van der Waals surface area contributed by atoms with E-state index < -0.39 is 0 Å². The van der Waals surface area contributed by atoms with Crippen molar-refractivity contribution in [2.45, 2.75) is 19.4 Å². The fourth-order valence-electron chi connectivity index (χ4n) is 2.96. The molecule has 5 heteroatoms. The molecule has 0 radical (unpaired) electrons. The van der Waals surface area contributed by atoms with E-state index in [1.165, 1.54) is 0 Å². The van der Waals surface area contributed by atoms with Crippen molar-refractivity contribution in [2.75, 3.05) is 27.4 Å². The van der Waals surface area contributed by atoms with Crippen LogP contribution in [0.2, 0.25) is 0 Å². The van der Waals surface area contributed by atoms with Gasteiger partial charge in [0.2, 0.25) is 0 Å². The zero-order valence-electron chi connectivity index (χ0n) is 13.1. The summed E-state index contributed by atoms with van der Waals surface area (Å²) in [5.41, 5.74) is 4.23. The van der Waals surface area contributed by atoms with E-state index in [9.17, 15) is 5.11 Å². The first kappa shape index (κ1) is 14.8. The number of ether oxygens (including phenoxy) is 3. The molecule has 0 aromatic heterocycles. The van der Waals surface area contributed by atoms with Crippen molar-refractivity contribution < 1.29 is 19.3 Å². The van der Waals surface area contributed by atoms with Gasteiger partial charge >= 0.3 is 0 Å². The Labute approximate surface area is 130 Å². The largest absolute Gasteiger partial charge is 0.510 e. The minimum atomic E-state index is -0.0874. The fourth-order valence-corrected chi connectivity index (χ4v) is 2.96. The summed E-state index contributed by atoms with van der Waals surface area (Å²) in [5.74, 6) is 1.83. The molecule has 1 saturated heterocycles. The third kappa shape index (κ3) is 2.52. The Balaban J connectivity index is 1.91. The number of nitrogens with one attached hydrogen (secondary N) is 1. The number of allylic oxidation sites excluding steroid dienone is 1. The first-order valence-corrected chi connectivity index (χ1v) is 7.33. The molecule has 0 saturated carbocycles. The van der Waals surface area contributed by atoms with Gasteiger partial charge in [-0.2, -0.15) is 0 Å². The number of dihydropyridines is 1. The van der Waals surface area contributed by atoms with Crippen molar-refractivity contribution in [3.05, 3.63) is 46.4 Å². The molecule has 2 aliphatic rings. The molecule has 1 aromatic carbocycles. The average molecular weight is 303 g/mol. The first-order chi connectivity index (χ1) is 10.6. The van der Waals surface area contributed by atoms with Gasteiger partial charge in [-0.25, -0.2) is 0 Å². The quantitative estimate of drug-likeness (QED) is 0.894. The normalized spacial score (nSPS) is 20.8. The van der Waals surface area contributed by atoms with Gasteiger partial charge in [-0.05, 0) is 24.6 Å². The molecule has 118 valence electrons. The highest BCUT2D eigenvalue weighted by atomic mass is 16.5. The van der Waals surface area contributed by atoms with Crippen LogP contribution in [0, 0.1) is 0 Å². The second kappa shape index (κ2) is 5.93. The van der Waals surface area contributed by atoms with Crippen LogP contribution < -0.4 is 14.8 Å². The maximum absolute atomic E-state index is 10.1. The molecule has 3 rings (SSSR count). The van der Waals surface area contributed by atoms with Crippen LogP contribution in [0.5, 0.6) is 11.5 Å². The predicted molar refractivity (Wildman–Crippen MR) is 83.3 cm³/mol. The molecular weight excluding hydrogens is 282 g/mol. The molecule has 5 nitrogen and oxygen atoms in total. The lowest BCUT2D eigenvalue weighted by Gasteiger charge is -2.26. The second-order valence-corrected chi connectivity index (χ2v) is 5.55. The molecule has 1 fully saturated rings. The van der Waals surface area contributed by atoms with E-state index in [0.29, 0.717) is 19.0 Å². The van der Waals surface area contributed by atoms with E-state index >= 15 is 0 Å². The Kier molecular flexibility index (Phi) is 3.98.